The van der Waals surface area contributed by atoms with Crippen molar-refractivity contribution in [2.45, 2.75) is 39.2 Å². The van der Waals surface area contributed by atoms with E-state index in [1.165, 1.54) is 38.2 Å². The fourth-order valence-corrected chi connectivity index (χ4v) is 3.28. The minimum absolute atomic E-state index is 0.119. The predicted molar refractivity (Wildman–Crippen MR) is 73.9 cm³/mol. The molecule has 1 N–H and O–H groups in total. The summed E-state index contributed by atoms with van der Waals surface area (Å²) in [4.78, 5) is 27.7. The maximum atomic E-state index is 11.6. The summed E-state index contributed by atoms with van der Waals surface area (Å²) in [5, 5.41) is 3.96. The van der Waals surface area contributed by atoms with E-state index >= 15 is 0 Å². The van der Waals surface area contributed by atoms with Gasteiger partial charge in [-0.25, -0.2) is 9.78 Å². The van der Waals surface area contributed by atoms with E-state index in [-0.39, 0.29) is 11.5 Å². The molecular weight excluding hydrogens is 264 g/mol. The first-order chi connectivity index (χ1) is 9.02. The Bertz CT molecular complexity index is 498. The highest BCUT2D eigenvalue weighted by atomic mass is 32.1. The SMILES string of the molecule is COC(=O)c1nc(NC2CCCC2C)sc1C(C)=O. The van der Waals surface area contributed by atoms with Gasteiger partial charge in [0.1, 0.15) is 4.88 Å². The number of thiazole rings is 1. The molecule has 0 aromatic carbocycles. The number of methoxy groups -OCH3 is 1. The first-order valence-corrected chi connectivity index (χ1v) is 7.21. The number of ketones is 1. The third-order valence-electron chi connectivity index (χ3n) is 3.50. The van der Waals surface area contributed by atoms with Crippen molar-refractivity contribution in [2.75, 3.05) is 12.4 Å². The number of anilines is 1. The lowest BCUT2D eigenvalue weighted by Crippen LogP contribution is -2.21. The lowest BCUT2D eigenvalue weighted by atomic mass is 10.1. The summed E-state index contributed by atoms with van der Waals surface area (Å²) in [6.45, 7) is 3.63. The minimum Gasteiger partial charge on any atom is -0.464 e. The van der Waals surface area contributed by atoms with Crippen LogP contribution in [0, 0.1) is 5.92 Å². The number of aromatic nitrogens is 1. The van der Waals surface area contributed by atoms with Gasteiger partial charge in [0.05, 0.1) is 7.11 Å². The molecule has 1 aromatic rings. The van der Waals surface area contributed by atoms with Crippen LogP contribution in [0.3, 0.4) is 0 Å². The number of esters is 1. The molecule has 0 bridgehead atoms. The van der Waals surface area contributed by atoms with E-state index in [1.807, 2.05) is 0 Å². The lowest BCUT2D eigenvalue weighted by molar-refractivity contribution is 0.0591. The molecular formula is C13H18N2O3S. The zero-order chi connectivity index (χ0) is 14.0. The van der Waals surface area contributed by atoms with Crippen LogP contribution in [-0.4, -0.2) is 29.9 Å². The van der Waals surface area contributed by atoms with Crippen LogP contribution in [0.4, 0.5) is 5.13 Å². The maximum absolute atomic E-state index is 11.6. The topological polar surface area (TPSA) is 68.3 Å². The molecule has 1 aliphatic carbocycles. The van der Waals surface area contributed by atoms with Crippen molar-refractivity contribution in [1.82, 2.24) is 4.98 Å². The van der Waals surface area contributed by atoms with Crippen molar-refractivity contribution >= 4 is 28.2 Å². The Balaban J connectivity index is 2.22. The van der Waals surface area contributed by atoms with Crippen LogP contribution in [0.25, 0.3) is 0 Å². The van der Waals surface area contributed by atoms with E-state index in [2.05, 4.69) is 22.0 Å². The number of carbonyl (C=O) groups is 2. The average molecular weight is 282 g/mol. The predicted octanol–water partition coefficient (Wildman–Crippen LogP) is 2.73. The van der Waals surface area contributed by atoms with E-state index in [4.69, 9.17) is 0 Å². The van der Waals surface area contributed by atoms with Gasteiger partial charge in [0.15, 0.2) is 16.6 Å². The summed E-state index contributed by atoms with van der Waals surface area (Å²) < 4.78 is 4.66. The first-order valence-electron chi connectivity index (χ1n) is 6.39. The normalized spacial score (nSPS) is 22.3. The fourth-order valence-electron chi connectivity index (χ4n) is 2.37. The average Bonchev–Trinajstić information content (AvgIpc) is 2.96. The second-order valence-electron chi connectivity index (χ2n) is 4.90. The molecule has 1 fully saturated rings. The molecule has 0 spiro atoms. The molecule has 1 heterocycles. The second kappa shape index (κ2) is 5.69. The highest BCUT2D eigenvalue weighted by Crippen LogP contribution is 2.31. The van der Waals surface area contributed by atoms with E-state index in [0.29, 0.717) is 22.0 Å². The molecule has 19 heavy (non-hydrogen) atoms. The van der Waals surface area contributed by atoms with Crippen molar-refractivity contribution in [3.05, 3.63) is 10.6 Å². The molecule has 1 aromatic heterocycles. The molecule has 1 saturated carbocycles. The highest BCUT2D eigenvalue weighted by Gasteiger charge is 2.26. The van der Waals surface area contributed by atoms with Gasteiger partial charge in [0, 0.05) is 13.0 Å². The third kappa shape index (κ3) is 2.94. The van der Waals surface area contributed by atoms with Gasteiger partial charge >= 0.3 is 5.97 Å². The van der Waals surface area contributed by atoms with Gasteiger partial charge < -0.3 is 10.1 Å². The Morgan fingerprint density at radius 2 is 2.16 bits per heavy atom. The lowest BCUT2D eigenvalue weighted by Gasteiger charge is -2.15. The van der Waals surface area contributed by atoms with Crippen molar-refractivity contribution in [3.63, 3.8) is 0 Å². The third-order valence-corrected chi connectivity index (χ3v) is 4.58. The number of rotatable bonds is 4. The van der Waals surface area contributed by atoms with Gasteiger partial charge in [-0.1, -0.05) is 24.7 Å². The molecule has 2 unspecified atom stereocenters. The monoisotopic (exact) mass is 282 g/mol. The standard InChI is InChI=1S/C13H18N2O3S/c1-7-5-4-6-9(7)14-13-15-10(12(17)18-3)11(19-13)8(2)16/h7,9H,4-6H2,1-3H3,(H,14,15). The van der Waals surface area contributed by atoms with Crippen LogP contribution in [0.2, 0.25) is 0 Å². The van der Waals surface area contributed by atoms with Crippen LogP contribution in [0.5, 0.6) is 0 Å². The Morgan fingerprint density at radius 1 is 1.42 bits per heavy atom. The van der Waals surface area contributed by atoms with E-state index in [1.54, 1.807) is 0 Å². The molecule has 6 heteroatoms. The summed E-state index contributed by atoms with van der Waals surface area (Å²) in [5.74, 6) is -0.134. The molecule has 1 aliphatic rings. The second-order valence-corrected chi connectivity index (χ2v) is 5.90. The molecule has 104 valence electrons. The van der Waals surface area contributed by atoms with Gasteiger partial charge in [-0.15, -0.1) is 0 Å². The first kappa shape index (κ1) is 14.0. The van der Waals surface area contributed by atoms with Gasteiger partial charge in [-0.2, -0.15) is 0 Å². The number of hydrogen-bond acceptors (Lipinski definition) is 6. The van der Waals surface area contributed by atoms with Crippen molar-refractivity contribution < 1.29 is 14.3 Å². The van der Waals surface area contributed by atoms with Gasteiger partial charge in [-0.3, -0.25) is 4.79 Å². The van der Waals surface area contributed by atoms with Crippen LogP contribution < -0.4 is 5.32 Å². The van der Waals surface area contributed by atoms with Crippen LogP contribution in [-0.2, 0) is 4.74 Å². The van der Waals surface area contributed by atoms with E-state index in [9.17, 15) is 9.59 Å². The number of hydrogen-bond donors (Lipinski definition) is 1. The number of nitrogens with zero attached hydrogens (tertiary/aromatic N) is 1. The number of ether oxygens (including phenoxy) is 1. The Kier molecular flexibility index (Phi) is 4.19. The molecule has 0 radical (unpaired) electrons. The maximum Gasteiger partial charge on any atom is 0.358 e. The summed E-state index contributed by atoms with van der Waals surface area (Å²) in [6.07, 6.45) is 3.50. The largest absolute Gasteiger partial charge is 0.464 e. The van der Waals surface area contributed by atoms with E-state index in [0.717, 1.165) is 6.42 Å². The van der Waals surface area contributed by atoms with Crippen LogP contribution >= 0.6 is 11.3 Å². The number of nitrogens with one attached hydrogen (secondary N) is 1. The van der Waals surface area contributed by atoms with Gasteiger partial charge in [-0.05, 0) is 18.8 Å². The zero-order valence-electron chi connectivity index (χ0n) is 11.4. The Labute approximate surface area is 116 Å². The molecule has 2 atom stereocenters. The smallest absolute Gasteiger partial charge is 0.358 e. The molecule has 5 nitrogen and oxygen atoms in total. The minimum atomic E-state index is -0.561. The molecule has 0 aliphatic heterocycles. The Morgan fingerprint density at radius 3 is 2.68 bits per heavy atom. The summed E-state index contributed by atoms with van der Waals surface area (Å²) in [5.41, 5.74) is 0.119. The summed E-state index contributed by atoms with van der Waals surface area (Å²) in [7, 11) is 1.29. The van der Waals surface area contributed by atoms with Gasteiger partial charge in [0.25, 0.3) is 0 Å². The summed E-state index contributed by atoms with van der Waals surface area (Å²) >= 11 is 1.23. The van der Waals surface area contributed by atoms with Gasteiger partial charge in [0.2, 0.25) is 0 Å². The number of carbonyl (C=O) groups excluding carboxylic acids is 2. The van der Waals surface area contributed by atoms with Crippen molar-refractivity contribution in [1.29, 1.82) is 0 Å². The highest BCUT2D eigenvalue weighted by molar-refractivity contribution is 7.17. The quantitative estimate of drug-likeness (QED) is 0.679. The van der Waals surface area contributed by atoms with Crippen LogP contribution in [0.15, 0.2) is 0 Å². The number of Topliss-reactive ketones (excluding diaryl/α,β-unsaturated/α-hetero) is 1. The molecule has 2 rings (SSSR count). The van der Waals surface area contributed by atoms with E-state index < -0.39 is 5.97 Å². The fraction of sp³-hybridized carbons (Fsp3) is 0.615. The van der Waals surface area contributed by atoms with Crippen molar-refractivity contribution in [2.24, 2.45) is 5.92 Å². The molecule has 0 amide bonds. The molecule has 0 saturated heterocycles. The summed E-state index contributed by atoms with van der Waals surface area (Å²) in [6, 6.07) is 0.372. The van der Waals surface area contributed by atoms with Crippen molar-refractivity contribution in [3.8, 4) is 0 Å². The van der Waals surface area contributed by atoms with Crippen LogP contribution in [0.1, 0.15) is 53.3 Å². The Hall–Kier alpha value is -1.43. The zero-order valence-corrected chi connectivity index (χ0v) is 12.2.